The zero-order chi connectivity index (χ0) is 19.6. The van der Waals surface area contributed by atoms with Crippen LogP contribution in [0.4, 0.5) is 13.6 Å². The highest BCUT2D eigenvalue weighted by molar-refractivity contribution is 5.64. The average Bonchev–Trinajstić information content (AvgIpc) is 2.92. The molecule has 27 heavy (non-hydrogen) atoms. The van der Waals surface area contributed by atoms with E-state index in [4.69, 9.17) is 14.6 Å². The van der Waals surface area contributed by atoms with Crippen molar-refractivity contribution in [2.24, 2.45) is 0 Å². The fraction of sp³-hybridized carbons (Fsp3) is 0.263. The highest BCUT2D eigenvalue weighted by atomic mass is 19.1. The molecule has 0 aliphatic heterocycles. The van der Waals surface area contributed by atoms with Crippen LogP contribution in [0.25, 0.3) is 5.65 Å². The minimum Gasteiger partial charge on any atom is -0.485 e. The van der Waals surface area contributed by atoms with Gasteiger partial charge in [0.05, 0.1) is 5.56 Å². The second kappa shape index (κ2) is 7.61. The predicted molar refractivity (Wildman–Crippen MR) is 93.3 cm³/mol. The summed E-state index contributed by atoms with van der Waals surface area (Å²) in [7, 11) is 0. The number of rotatable bonds is 6. The molecule has 0 unspecified atom stereocenters. The van der Waals surface area contributed by atoms with Gasteiger partial charge in [-0.1, -0.05) is 19.4 Å². The zero-order valence-corrected chi connectivity index (χ0v) is 14.8. The minimum atomic E-state index is -1.45. The van der Waals surface area contributed by atoms with Crippen molar-refractivity contribution in [1.29, 1.82) is 0 Å². The summed E-state index contributed by atoms with van der Waals surface area (Å²) in [6.45, 7) is 3.38. The van der Waals surface area contributed by atoms with E-state index in [2.05, 4.69) is 4.98 Å². The van der Waals surface area contributed by atoms with Crippen LogP contribution in [-0.4, -0.2) is 20.6 Å². The van der Waals surface area contributed by atoms with Crippen LogP contribution in [0.2, 0.25) is 0 Å². The molecule has 0 radical (unpaired) electrons. The van der Waals surface area contributed by atoms with Gasteiger partial charge in [0, 0.05) is 6.20 Å². The van der Waals surface area contributed by atoms with Crippen molar-refractivity contribution in [2.45, 2.75) is 33.3 Å². The predicted octanol–water partition coefficient (Wildman–Crippen LogP) is 4.51. The number of pyridine rings is 1. The lowest BCUT2D eigenvalue weighted by Gasteiger charge is -2.10. The first-order chi connectivity index (χ1) is 12.9. The van der Waals surface area contributed by atoms with Crippen molar-refractivity contribution < 1.29 is 28.2 Å². The molecule has 0 atom stereocenters. The van der Waals surface area contributed by atoms with Gasteiger partial charge in [-0.2, -0.15) is 0 Å². The van der Waals surface area contributed by atoms with Gasteiger partial charge < -0.3 is 14.6 Å². The molecule has 3 aromatic rings. The number of carbonyl (C=O) groups is 1. The smallest absolute Gasteiger partial charge is 0.485 e. The van der Waals surface area contributed by atoms with E-state index in [0.717, 1.165) is 24.1 Å². The van der Waals surface area contributed by atoms with Gasteiger partial charge in [-0.15, -0.1) is 0 Å². The third-order valence-corrected chi connectivity index (χ3v) is 3.95. The van der Waals surface area contributed by atoms with E-state index in [0.29, 0.717) is 17.8 Å². The van der Waals surface area contributed by atoms with E-state index >= 15 is 0 Å². The lowest BCUT2D eigenvalue weighted by molar-refractivity contribution is 0.141. The Morgan fingerprint density at radius 2 is 2.00 bits per heavy atom. The Balaban J connectivity index is 2.04. The largest absolute Gasteiger partial charge is 0.512 e. The maximum absolute atomic E-state index is 13.8. The fourth-order valence-electron chi connectivity index (χ4n) is 2.79. The van der Waals surface area contributed by atoms with Gasteiger partial charge in [0.15, 0.2) is 11.4 Å². The van der Waals surface area contributed by atoms with Crippen LogP contribution in [-0.2, 0) is 13.0 Å². The Labute approximate surface area is 154 Å². The molecule has 0 saturated carbocycles. The topological polar surface area (TPSA) is 73.1 Å². The number of imidazole rings is 1. The van der Waals surface area contributed by atoms with Gasteiger partial charge in [0.1, 0.15) is 23.9 Å². The van der Waals surface area contributed by atoms with E-state index in [9.17, 15) is 13.6 Å². The van der Waals surface area contributed by atoms with Gasteiger partial charge in [-0.3, -0.25) is 4.40 Å². The SMILES string of the molecule is CCCc1nc2c(OCc3c(F)cccc3F)cc(C)cn2c1OC(=O)O. The van der Waals surface area contributed by atoms with Crippen molar-refractivity contribution >= 4 is 11.8 Å². The molecule has 0 saturated heterocycles. The summed E-state index contributed by atoms with van der Waals surface area (Å²) in [5.41, 5.74) is 1.33. The second-order valence-corrected chi connectivity index (χ2v) is 6.05. The minimum absolute atomic E-state index is 0.0879. The van der Waals surface area contributed by atoms with Gasteiger partial charge in [0.2, 0.25) is 5.88 Å². The lowest BCUT2D eigenvalue weighted by Crippen LogP contribution is -2.07. The van der Waals surface area contributed by atoms with E-state index in [-0.39, 0.29) is 23.8 Å². The molecule has 0 aliphatic carbocycles. The molecular formula is C19H18F2N2O4. The number of benzene rings is 1. The maximum Gasteiger partial charge on any atom is 0.512 e. The molecule has 1 N–H and O–H groups in total. The van der Waals surface area contributed by atoms with E-state index < -0.39 is 17.8 Å². The molecule has 0 bridgehead atoms. The molecule has 1 aromatic carbocycles. The number of hydrogen-bond donors (Lipinski definition) is 1. The van der Waals surface area contributed by atoms with Crippen LogP contribution in [0.3, 0.4) is 0 Å². The molecule has 6 nitrogen and oxygen atoms in total. The summed E-state index contributed by atoms with van der Waals surface area (Å²) in [6.07, 6.45) is 1.45. The maximum atomic E-state index is 13.8. The van der Waals surface area contributed by atoms with Gasteiger partial charge in [-0.25, -0.2) is 18.6 Å². The molecule has 0 aliphatic rings. The van der Waals surface area contributed by atoms with Crippen molar-refractivity contribution in [3.05, 3.63) is 58.9 Å². The summed E-state index contributed by atoms with van der Waals surface area (Å²) < 4.78 is 39.7. The Hall–Kier alpha value is -3.16. The normalized spacial score (nSPS) is 11.0. The molecule has 8 heteroatoms. The molecule has 2 aromatic heterocycles. The standard InChI is InChI=1S/C19H18F2N2O4/c1-3-5-15-18(27-19(24)25)23-9-11(2)8-16(17(23)22-15)26-10-12-13(20)6-4-7-14(12)21/h4,6-9H,3,5,10H2,1-2H3,(H,24,25). The average molecular weight is 376 g/mol. The summed E-state index contributed by atoms with van der Waals surface area (Å²) >= 11 is 0. The van der Waals surface area contributed by atoms with Crippen LogP contribution >= 0.6 is 0 Å². The van der Waals surface area contributed by atoms with Crippen LogP contribution in [0.5, 0.6) is 11.6 Å². The second-order valence-electron chi connectivity index (χ2n) is 6.05. The van der Waals surface area contributed by atoms with E-state index in [1.54, 1.807) is 19.2 Å². The Bertz CT molecular complexity index is 981. The van der Waals surface area contributed by atoms with Crippen molar-refractivity contribution in [2.75, 3.05) is 0 Å². The van der Waals surface area contributed by atoms with Crippen LogP contribution < -0.4 is 9.47 Å². The molecule has 2 heterocycles. The zero-order valence-electron chi connectivity index (χ0n) is 14.8. The summed E-state index contributed by atoms with van der Waals surface area (Å²) in [5, 5.41) is 9.01. The highest BCUT2D eigenvalue weighted by Crippen LogP contribution is 2.30. The number of aromatic nitrogens is 2. The molecule has 0 spiro atoms. The monoisotopic (exact) mass is 376 g/mol. The molecule has 0 amide bonds. The number of carboxylic acid groups (broad SMARTS) is 1. The summed E-state index contributed by atoms with van der Waals surface area (Å²) in [5.74, 6) is -1.05. The number of halogens is 2. The Kier molecular flexibility index (Phi) is 5.25. The molecular weight excluding hydrogens is 358 g/mol. The number of nitrogens with zero attached hydrogens (tertiary/aromatic N) is 2. The van der Waals surface area contributed by atoms with Crippen molar-refractivity contribution in [3.63, 3.8) is 0 Å². The molecule has 3 rings (SSSR count). The summed E-state index contributed by atoms with van der Waals surface area (Å²) in [6, 6.07) is 5.25. The third kappa shape index (κ3) is 3.84. The quantitative estimate of drug-likeness (QED) is 0.641. The van der Waals surface area contributed by atoms with E-state index in [1.807, 2.05) is 6.92 Å². The first kappa shape index (κ1) is 18.6. The van der Waals surface area contributed by atoms with E-state index in [1.165, 1.54) is 10.5 Å². The first-order valence-electron chi connectivity index (χ1n) is 8.38. The van der Waals surface area contributed by atoms with Crippen LogP contribution in [0, 0.1) is 18.6 Å². The molecule has 142 valence electrons. The Morgan fingerprint density at radius 3 is 2.63 bits per heavy atom. The van der Waals surface area contributed by atoms with Crippen LogP contribution in [0.1, 0.15) is 30.2 Å². The highest BCUT2D eigenvalue weighted by Gasteiger charge is 2.20. The summed E-state index contributed by atoms with van der Waals surface area (Å²) in [4.78, 5) is 15.5. The number of aryl methyl sites for hydroxylation is 2. The van der Waals surface area contributed by atoms with Crippen molar-refractivity contribution in [1.82, 2.24) is 9.38 Å². The van der Waals surface area contributed by atoms with Gasteiger partial charge in [-0.05, 0) is 37.1 Å². The molecule has 0 fully saturated rings. The first-order valence-corrected chi connectivity index (χ1v) is 8.38. The van der Waals surface area contributed by atoms with Crippen LogP contribution in [0.15, 0.2) is 30.5 Å². The van der Waals surface area contributed by atoms with Gasteiger partial charge in [0.25, 0.3) is 0 Å². The fourth-order valence-corrected chi connectivity index (χ4v) is 2.79. The number of ether oxygens (including phenoxy) is 2. The van der Waals surface area contributed by atoms with Gasteiger partial charge >= 0.3 is 6.16 Å². The number of hydrogen-bond acceptors (Lipinski definition) is 4. The number of fused-ring (bicyclic) bond motifs is 1. The Morgan fingerprint density at radius 1 is 1.30 bits per heavy atom. The van der Waals surface area contributed by atoms with Crippen molar-refractivity contribution in [3.8, 4) is 11.6 Å². The third-order valence-electron chi connectivity index (χ3n) is 3.95. The lowest BCUT2D eigenvalue weighted by atomic mass is 10.2.